The van der Waals surface area contributed by atoms with Crippen molar-refractivity contribution >= 4 is 0 Å². The lowest BCUT2D eigenvalue weighted by molar-refractivity contribution is 0.116. The number of aromatic nitrogens is 2. The zero-order chi connectivity index (χ0) is 11.1. The Hall–Kier alpha value is -0.870. The van der Waals surface area contributed by atoms with E-state index in [0.29, 0.717) is 6.61 Å². The Morgan fingerprint density at radius 2 is 2.20 bits per heavy atom. The fraction of sp³-hybridized carbons (Fsp3) is 0.727. The van der Waals surface area contributed by atoms with Crippen molar-refractivity contribution in [2.75, 3.05) is 6.61 Å². The summed E-state index contributed by atoms with van der Waals surface area (Å²) in [6.45, 7) is 7.02. The quantitative estimate of drug-likeness (QED) is 0.769. The van der Waals surface area contributed by atoms with Gasteiger partial charge in [-0.25, -0.2) is 5.90 Å². The summed E-state index contributed by atoms with van der Waals surface area (Å²) in [6, 6.07) is 0. The van der Waals surface area contributed by atoms with E-state index >= 15 is 0 Å². The molecule has 0 aromatic carbocycles. The molecule has 1 aromatic heterocycles. The first kappa shape index (κ1) is 10.6. The van der Waals surface area contributed by atoms with Gasteiger partial charge in [0.25, 0.3) is 0 Å². The minimum atomic E-state index is 0.0396. The molecule has 0 spiro atoms. The number of hydrogen-bond acceptors (Lipinski definition) is 3. The highest BCUT2D eigenvalue weighted by Gasteiger charge is 2.45. The SMILES string of the molecule is CC(C)(C)n1cc(C2(CON)CC2)cn1. The molecule has 0 aliphatic heterocycles. The van der Waals surface area contributed by atoms with Gasteiger partial charge in [-0.15, -0.1) is 0 Å². The summed E-state index contributed by atoms with van der Waals surface area (Å²) < 4.78 is 2.00. The van der Waals surface area contributed by atoms with Crippen LogP contribution < -0.4 is 5.90 Å². The smallest absolute Gasteiger partial charge is 0.0777 e. The summed E-state index contributed by atoms with van der Waals surface area (Å²) in [5, 5.41) is 4.40. The highest BCUT2D eigenvalue weighted by molar-refractivity contribution is 5.27. The van der Waals surface area contributed by atoms with Gasteiger partial charge in [-0.05, 0) is 39.2 Å². The zero-order valence-corrected chi connectivity index (χ0v) is 9.66. The monoisotopic (exact) mass is 209 g/mol. The highest BCUT2D eigenvalue weighted by atomic mass is 16.6. The average Bonchev–Trinajstić information content (AvgIpc) is 2.75. The lowest BCUT2D eigenvalue weighted by Crippen LogP contribution is -2.22. The molecule has 0 atom stereocenters. The van der Waals surface area contributed by atoms with Crippen LogP contribution in [0.15, 0.2) is 12.4 Å². The largest absolute Gasteiger partial charge is 0.304 e. The molecular weight excluding hydrogens is 190 g/mol. The lowest BCUT2D eigenvalue weighted by Gasteiger charge is -2.19. The molecule has 1 saturated carbocycles. The predicted molar refractivity (Wildman–Crippen MR) is 58.3 cm³/mol. The van der Waals surface area contributed by atoms with E-state index in [1.165, 1.54) is 5.56 Å². The van der Waals surface area contributed by atoms with Gasteiger partial charge < -0.3 is 4.84 Å². The van der Waals surface area contributed by atoms with Crippen molar-refractivity contribution in [1.29, 1.82) is 0 Å². The van der Waals surface area contributed by atoms with E-state index in [2.05, 4.69) is 32.1 Å². The van der Waals surface area contributed by atoms with Crippen LogP contribution in [-0.4, -0.2) is 16.4 Å². The Morgan fingerprint density at radius 3 is 2.60 bits per heavy atom. The molecule has 0 unspecified atom stereocenters. The third-order valence-corrected chi connectivity index (χ3v) is 3.10. The third kappa shape index (κ3) is 1.92. The van der Waals surface area contributed by atoms with Crippen molar-refractivity contribution in [3.63, 3.8) is 0 Å². The molecule has 2 N–H and O–H groups in total. The molecule has 1 aromatic rings. The van der Waals surface area contributed by atoms with Crippen LogP contribution in [0.5, 0.6) is 0 Å². The van der Waals surface area contributed by atoms with Crippen molar-refractivity contribution in [1.82, 2.24) is 9.78 Å². The summed E-state index contributed by atoms with van der Waals surface area (Å²) in [5.41, 5.74) is 1.44. The Balaban J connectivity index is 2.21. The normalized spacial score (nSPS) is 19.2. The number of nitrogens with two attached hydrogens (primary N) is 1. The molecule has 4 nitrogen and oxygen atoms in total. The standard InChI is InChI=1S/C11H19N3O/c1-10(2,3)14-7-9(6-13-14)11(4-5-11)8-15-12/h6-7H,4-5,8,12H2,1-3H3. The minimum absolute atomic E-state index is 0.0396. The first-order valence-corrected chi connectivity index (χ1v) is 5.35. The summed E-state index contributed by atoms with van der Waals surface area (Å²) in [5.74, 6) is 5.16. The van der Waals surface area contributed by atoms with Crippen LogP contribution in [0, 0.1) is 0 Å². The fourth-order valence-electron chi connectivity index (χ4n) is 1.79. The third-order valence-electron chi connectivity index (χ3n) is 3.10. The maximum Gasteiger partial charge on any atom is 0.0777 e. The van der Waals surface area contributed by atoms with Crippen molar-refractivity contribution < 1.29 is 4.84 Å². The van der Waals surface area contributed by atoms with Gasteiger partial charge in [-0.2, -0.15) is 5.10 Å². The summed E-state index contributed by atoms with van der Waals surface area (Å²) in [6.07, 6.45) is 6.36. The van der Waals surface area contributed by atoms with Crippen LogP contribution in [0.2, 0.25) is 0 Å². The summed E-state index contributed by atoms with van der Waals surface area (Å²) in [4.78, 5) is 4.78. The maximum absolute atomic E-state index is 5.16. The van der Waals surface area contributed by atoms with Crippen molar-refractivity contribution in [2.45, 2.75) is 44.6 Å². The van der Waals surface area contributed by atoms with Gasteiger partial charge >= 0.3 is 0 Å². The van der Waals surface area contributed by atoms with E-state index in [1.54, 1.807) is 0 Å². The fourth-order valence-corrected chi connectivity index (χ4v) is 1.79. The summed E-state index contributed by atoms with van der Waals surface area (Å²) >= 11 is 0. The van der Waals surface area contributed by atoms with E-state index in [1.807, 2.05) is 10.9 Å². The van der Waals surface area contributed by atoms with Gasteiger partial charge in [-0.1, -0.05) is 0 Å². The molecule has 0 bridgehead atoms. The molecule has 4 heteroatoms. The molecule has 0 radical (unpaired) electrons. The second kappa shape index (κ2) is 3.32. The van der Waals surface area contributed by atoms with E-state index in [4.69, 9.17) is 10.7 Å². The Morgan fingerprint density at radius 1 is 1.53 bits per heavy atom. The van der Waals surface area contributed by atoms with Gasteiger partial charge in [0.05, 0.1) is 18.3 Å². The van der Waals surface area contributed by atoms with Crippen LogP contribution in [0.1, 0.15) is 39.2 Å². The van der Waals surface area contributed by atoms with Crippen LogP contribution in [-0.2, 0) is 15.8 Å². The van der Waals surface area contributed by atoms with Gasteiger partial charge in [0, 0.05) is 11.6 Å². The highest BCUT2D eigenvalue weighted by Crippen LogP contribution is 2.48. The molecule has 1 fully saturated rings. The molecule has 1 aliphatic rings. The van der Waals surface area contributed by atoms with Crippen LogP contribution in [0.4, 0.5) is 0 Å². The Bertz CT molecular complexity index is 347. The molecule has 15 heavy (non-hydrogen) atoms. The molecular formula is C11H19N3O. The van der Waals surface area contributed by atoms with E-state index in [0.717, 1.165) is 12.8 Å². The minimum Gasteiger partial charge on any atom is -0.304 e. The van der Waals surface area contributed by atoms with Crippen molar-refractivity contribution in [3.05, 3.63) is 18.0 Å². The first-order valence-electron chi connectivity index (χ1n) is 5.35. The van der Waals surface area contributed by atoms with Crippen LogP contribution >= 0.6 is 0 Å². The second-order valence-corrected chi connectivity index (χ2v) is 5.44. The predicted octanol–water partition coefficient (Wildman–Crippen LogP) is 1.56. The zero-order valence-electron chi connectivity index (χ0n) is 9.66. The van der Waals surface area contributed by atoms with E-state index in [-0.39, 0.29) is 11.0 Å². The van der Waals surface area contributed by atoms with Gasteiger partial charge in [0.15, 0.2) is 0 Å². The maximum atomic E-state index is 5.16. The van der Waals surface area contributed by atoms with Gasteiger partial charge in [0.1, 0.15) is 0 Å². The Labute approximate surface area is 90.4 Å². The van der Waals surface area contributed by atoms with Gasteiger partial charge in [0.2, 0.25) is 0 Å². The molecule has 1 aliphatic carbocycles. The number of nitrogens with zero attached hydrogens (tertiary/aromatic N) is 2. The van der Waals surface area contributed by atoms with Crippen LogP contribution in [0.3, 0.4) is 0 Å². The number of rotatable bonds is 3. The first-order chi connectivity index (χ1) is 6.98. The topological polar surface area (TPSA) is 53.1 Å². The van der Waals surface area contributed by atoms with Crippen molar-refractivity contribution in [3.8, 4) is 0 Å². The molecule has 2 rings (SSSR count). The summed E-state index contributed by atoms with van der Waals surface area (Å²) in [7, 11) is 0. The molecule has 84 valence electrons. The number of hydrogen-bond donors (Lipinski definition) is 1. The van der Waals surface area contributed by atoms with Crippen molar-refractivity contribution in [2.24, 2.45) is 5.90 Å². The average molecular weight is 209 g/mol. The lowest BCUT2D eigenvalue weighted by atomic mass is 10.0. The Kier molecular flexibility index (Phi) is 2.35. The second-order valence-electron chi connectivity index (χ2n) is 5.44. The molecule has 0 amide bonds. The molecule has 1 heterocycles. The van der Waals surface area contributed by atoms with E-state index in [9.17, 15) is 0 Å². The van der Waals surface area contributed by atoms with Gasteiger partial charge in [-0.3, -0.25) is 4.68 Å². The van der Waals surface area contributed by atoms with Crippen LogP contribution in [0.25, 0.3) is 0 Å². The molecule has 0 saturated heterocycles. The van der Waals surface area contributed by atoms with E-state index < -0.39 is 0 Å².